The number of piperidine rings is 1. The van der Waals surface area contributed by atoms with Gasteiger partial charge in [0.25, 0.3) is 0 Å². The van der Waals surface area contributed by atoms with Crippen molar-refractivity contribution in [2.75, 3.05) is 17.8 Å². The smallest absolute Gasteiger partial charge is 0.301 e. The molecule has 0 spiro atoms. The molecule has 0 aromatic heterocycles. The molecule has 1 heterocycles. The van der Waals surface area contributed by atoms with E-state index in [2.05, 4.69) is 4.72 Å². The van der Waals surface area contributed by atoms with Gasteiger partial charge >= 0.3 is 10.2 Å². The molecule has 19 heavy (non-hydrogen) atoms. The monoisotopic (exact) mass is 282 g/mol. The summed E-state index contributed by atoms with van der Waals surface area (Å²) in [7, 11) is -3.47. The summed E-state index contributed by atoms with van der Waals surface area (Å²) in [5, 5.41) is 7.28. The second-order valence-corrected chi connectivity index (χ2v) is 6.23. The van der Waals surface area contributed by atoms with Crippen LogP contribution in [0.2, 0.25) is 0 Å². The normalized spacial score (nSPS) is 17.1. The van der Waals surface area contributed by atoms with Crippen molar-refractivity contribution in [3.63, 3.8) is 0 Å². The molecule has 0 amide bonds. The van der Waals surface area contributed by atoms with Crippen LogP contribution in [0.1, 0.15) is 24.8 Å². The zero-order valence-electron chi connectivity index (χ0n) is 10.6. The maximum atomic E-state index is 12.1. The Hall–Kier alpha value is -1.60. The molecule has 0 unspecified atom stereocenters. The molecule has 0 radical (unpaired) electrons. The Morgan fingerprint density at radius 1 is 1.16 bits per heavy atom. The molecule has 2 rings (SSSR count). The van der Waals surface area contributed by atoms with Gasteiger partial charge in [-0.3, -0.25) is 10.1 Å². The summed E-state index contributed by atoms with van der Waals surface area (Å²) in [5.74, 6) is -0.0366. The standard InChI is InChI=1S/C12H18N4O2S/c13-12(14)10-4-6-11(7-5-10)15-19(17,18)16-8-2-1-3-9-16/h4-7,15H,1-3,8-9H2,(H3,13,14). The zero-order valence-corrected chi connectivity index (χ0v) is 11.4. The maximum Gasteiger partial charge on any atom is 0.301 e. The highest BCUT2D eigenvalue weighted by Crippen LogP contribution is 2.17. The van der Waals surface area contributed by atoms with E-state index in [0.717, 1.165) is 19.3 Å². The van der Waals surface area contributed by atoms with Gasteiger partial charge < -0.3 is 5.73 Å². The van der Waals surface area contributed by atoms with Crippen molar-refractivity contribution in [3.05, 3.63) is 29.8 Å². The van der Waals surface area contributed by atoms with E-state index in [0.29, 0.717) is 24.3 Å². The molecule has 0 bridgehead atoms. The fraction of sp³-hybridized carbons (Fsp3) is 0.417. The predicted octanol–water partition coefficient (Wildman–Crippen LogP) is 1.11. The Morgan fingerprint density at radius 2 is 1.74 bits per heavy atom. The topological polar surface area (TPSA) is 99.3 Å². The van der Waals surface area contributed by atoms with Crippen LogP contribution in [0.3, 0.4) is 0 Å². The summed E-state index contributed by atoms with van der Waals surface area (Å²) in [6.45, 7) is 1.14. The van der Waals surface area contributed by atoms with Crippen molar-refractivity contribution in [2.24, 2.45) is 5.73 Å². The molecule has 1 saturated heterocycles. The van der Waals surface area contributed by atoms with E-state index in [-0.39, 0.29) is 5.84 Å². The van der Waals surface area contributed by atoms with E-state index < -0.39 is 10.2 Å². The minimum Gasteiger partial charge on any atom is -0.384 e. The lowest BCUT2D eigenvalue weighted by Crippen LogP contribution is -2.39. The molecule has 1 aliphatic heterocycles. The first-order valence-electron chi connectivity index (χ1n) is 6.21. The number of anilines is 1. The molecule has 1 aliphatic rings. The second kappa shape index (κ2) is 5.58. The summed E-state index contributed by atoms with van der Waals surface area (Å²) in [6, 6.07) is 6.46. The van der Waals surface area contributed by atoms with Crippen molar-refractivity contribution in [3.8, 4) is 0 Å². The van der Waals surface area contributed by atoms with Gasteiger partial charge in [-0.05, 0) is 37.1 Å². The van der Waals surface area contributed by atoms with Crippen molar-refractivity contribution in [2.45, 2.75) is 19.3 Å². The number of rotatable bonds is 4. The number of nitrogens with zero attached hydrogens (tertiary/aromatic N) is 1. The molecule has 6 nitrogen and oxygen atoms in total. The number of amidine groups is 1. The van der Waals surface area contributed by atoms with Gasteiger partial charge in [0, 0.05) is 24.3 Å². The lowest BCUT2D eigenvalue weighted by Gasteiger charge is -2.26. The van der Waals surface area contributed by atoms with Crippen molar-refractivity contribution < 1.29 is 8.42 Å². The van der Waals surface area contributed by atoms with Crippen LogP contribution in [-0.4, -0.2) is 31.6 Å². The minimum absolute atomic E-state index is 0.0366. The molecule has 0 saturated carbocycles. The number of hydrogen-bond acceptors (Lipinski definition) is 3. The van der Waals surface area contributed by atoms with Crippen LogP contribution < -0.4 is 10.5 Å². The average Bonchev–Trinajstić information content (AvgIpc) is 2.40. The van der Waals surface area contributed by atoms with Crippen LogP contribution >= 0.6 is 0 Å². The highest BCUT2D eigenvalue weighted by Gasteiger charge is 2.23. The third-order valence-electron chi connectivity index (χ3n) is 3.10. The van der Waals surface area contributed by atoms with Crippen molar-refractivity contribution in [1.82, 2.24) is 4.31 Å². The SMILES string of the molecule is N=C(N)c1ccc(NS(=O)(=O)N2CCCCC2)cc1. The molecule has 0 aliphatic carbocycles. The van der Waals surface area contributed by atoms with E-state index >= 15 is 0 Å². The molecular formula is C12H18N4O2S. The van der Waals surface area contributed by atoms with Crippen molar-refractivity contribution in [1.29, 1.82) is 5.41 Å². The molecular weight excluding hydrogens is 264 g/mol. The number of nitrogens with one attached hydrogen (secondary N) is 2. The Kier molecular flexibility index (Phi) is 4.06. The third kappa shape index (κ3) is 3.45. The van der Waals surface area contributed by atoms with E-state index in [1.165, 1.54) is 4.31 Å². The molecule has 4 N–H and O–H groups in total. The van der Waals surface area contributed by atoms with E-state index in [9.17, 15) is 8.42 Å². The minimum atomic E-state index is -3.47. The highest BCUT2D eigenvalue weighted by molar-refractivity contribution is 7.90. The molecule has 0 atom stereocenters. The van der Waals surface area contributed by atoms with E-state index in [1.807, 2.05) is 0 Å². The molecule has 104 valence electrons. The van der Waals surface area contributed by atoms with Crippen molar-refractivity contribution >= 4 is 21.7 Å². The Labute approximate surface area is 113 Å². The van der Waals surface area contributed by atoms with Gasteiger partial charge in [0.05, 0.1) is 0 Å². The first kappa shape index (κ1) is 13.8. The predicted molar refractivity (Wildman–Crippen MR) is 75.4 cm³/mol. The number of nitrogens with two attached hydrogens (primary N) is 1. The summed E-state index contributed by atoms with van der Waals surface area (Å²) in [6.07, 6.45) is 2.90. The highest BCUT2D eigenvalue weighted by atomic mass is 32.2. The van der Waals surface area contributed by atoms with Gasteiger partial charge in [-0.25, -0.2) is 0 Å². The Balaban J connectivity index is 2.09. The Morgan fingerprint density at radius 3 is 2.26 bits per heavy atom. The first-order chi connectivity index (χ1) is 8.99. The Bertz CT molecular complexity index is 548. The van der Waals surface area contributed by atoms with Crippen LogP contribution in [0.15, 0.2) is 24.3 Å². The first-order valence-corrected chi connectivity index (χ1v) is 7.65. The molecule has 1 aromatic rings. The lowest BCUT2D eigenvalue weighted by molar-refractivity contribution is 0.349. The van der Waals surface area contributed by atoms with Gasteiger partial charge in [0.15, 0.2) is 0 Å². The number of hydrogen-bond donors (Lipinski definition) is 3. The van der Waals surface area contributed by atoms with Gasteiger partial charge in [0.1, 0.15) is 5.84 Å². The zero-order chi connectivity index (χ0) is 13.9. The van der Waals surface area contributed by atoms with Gasteiger partial charge in [-0.15, -0.1) is 0 Å². The lowest BCUT2D eigenvalue weighted by atomic mass is 10.2. The van der Waals surface area contributed by atoms with Gasteiger partial charge in [0.2, 0.25) is 0 Å². The third-order valence-corrected chi connectivity index (χ3v) is 4.64. The molecule has 7 heteroatoms. The van der Waals surface area contributed by atoms with Crippen LogP contribution in [-0.2, 0) is 10.2 Å². The quantitative estimate of drug-likeness (QED) is 0.570. The fourth-order valence-corrected chi connectivity index (χ4v) is 3.34. The molecule has 1 fully saturated rings. The van der Waals surface area contributed by atoms with Gasteiger partial charge in [-0.1, -0.05) is 6.42 Å². The average molecular weight is 282 g/mol. The maximum absolute atomic E-state index is 12.1. The van der Waals surface area contributed by atoms with Crippen LogP contribution in [0, 0.1) is 5.41 Å². The van der Waals surface area contributed by atoms with E-state index in [1.54, 1.807) is 24.3 Å². The largest absolute Gasteiger partial charge is 0.384 e. The summed E-state index contributed by atoms with van der Waals surface area (Å²) in [4.78, 5) is 0. The molecule has 1 aromatic carbocycles. The van der Waals surface area contributed by atoms with Crippen LogP contribution in [0.25, 0.3) is 0 Å². The number of nitrogen functional groups attached to an aromatic ring is 1. The summed E-state index contributed by atoms with van der Waals surface area (Å²) in [5.41, 5.74) is 6.40. The number of benzene rings is 1. The van der Waals surface area contributed by atoms with Crippen LogP contribution in [0.5, 0.6) is 0 Å². The summed E-state index contributed by atoms with van der Waals surface area (Å²) < 4.78 is 28.3. The van der Waals surface area contributed by atoms with E-state index in [4.69, 9.17) is 11.1 Å². The summed E-state index contributed by atoms with van der Waals surface area (Å²) >= 11 is 0. The fourth-order valence-electron chi connectivity index (χ4n) is 2.04. The second-order valence-electron chi connectivity index (χ2n) is 4.56. The van der Waals surface area contributed by atoms with Crippen LogP contribution in [0.4, 0.5) is 5.69 Å². The van der Waals surface area contributed by atoms with Gasteiger partial charge in [-0.2, -0.15) is 12.7 Å².